The number of rotatable bonds is 7. The van der Waals surface area contributed by atoms with Gasteiger partial charge in [0.1, 0.15) is 5.82 Å². The van der Waals surface area contributed by atoms with E-state index >= 15 is 0 Å². The average Bonchev–Trinajstić information content (AvgIpc) is 2.85. The Balaban J connectivity index is 1.50. The maximum Gasteiger partial charge on any atom is 0.283 e. The van der Waals surface area contributed by atoms with Crippen molar-refractivity contribution in [2.24, 2.45) is 0 Å². The molecular weight excluding hydrogens is 436 g/mol. The molecule has 1 aliphatic rings. The third kappa shape index (κ3) is 6.01. The number of benzene rings is 2. The third-order valence-electron chi connectivity index (χ3n) is 7.05. The highest BCUT2D eigenvalue weighted by Crippen LogP contribution is 2.38. The van der Waals surface area contributed by atoms with Crippen LogP contribution in [0.1, 0.15) is 76.4 Å². The number of aromatic nitrogens is 2. The van der Waals surface area contributed by atoms with Crippen molar-refractivity contribution < 1.29 is 9.16 Å². The second kappa shape index (κ2) is 10.5. The van der Waals surface area contributed by atoms with Crippen LogP contribution in [0.3, 0.4) is 0 Å². The topological polar surface area (TPSA) is 44.2 Å². The Bertz CT molecular complexity index is 1060. The zero-order valence-corrected chi connectivity index (χ0v) is 22.2. The van der Waals surface area contributed by atoms with Crippen molar-refractivity contribution >= 4 is 19.4 Å². The van der Waals surface area contributed by atoms with E-state index in [-0.39, 0.29) is 11.0 Å². The van der Waals surface area contributed by atoms with Gasteiger partial charge < -0.3 is 9.16 Å². The number of ether oxygens (including phenoxy) is 1. The predicted octanol–water partition coefficient (Wildman–Crippen LogP) is 5.16. The van der Waals surface area contributed by atoms with Crippen LogP contribution < -0.4 is 10.4 Å². The van der Waals surface area contributed by atoms with Crippen LogP contribution in [0, 0.1) is 0 Å². The van der Waals surface area contributed by atoms with E-state index in [9.17, 15) is 0 Å². The molecule has 5 heteroatoms. The highest BCUT2D eigenvalue weighted by molar-refractivity contribution is 6.80. The molecule has 4 nitrogen and oxygen atoms in total. The molecule has 0 unspecified atom stereocenters. The molecule has 4 rings (SSSR count). The van der Waals surface area contributed by atoms with Crippen molar-refractivity contribution in [3.63, 3.8) is 0 Å². The van der Waals surface area contributed by atoms with E-state index in [1.807, 2.05) is 19.4 Å². The second-order valence-electron chi connectivity index (χ2n) is 10.6. The Morgan fingerprint density at radius 1 is 0.941 bits per heavy atom. The van der Waals surface area contributed by atoms with Gasteiger partial charge in [-0.25, -0.2) is 9.97 Å². The van der Waals surface area contributed by atoms with Gasteiger partial charge in [0.05, 0.1) is 17.9 Å². The van der Waals surface area contributed by atoms with Crippen molar-refractivity contribution in [2.75, 3.05) is 7.11 Å². The van der Waals surface area contributed by atoms with Crippen molar-refractivity contribution in [2.45, 2.75) is 76.9 Å². The van der Waals surface area contributed by atoms with Crippen LogP contribution in [0.5, 0.6) is 0 Å². The van der Waals surface area contributed by atoms with E-state index < -0.39 is 9.04 Å². The molecule has 1 fully saturated rings. The Kier molecular flexibility index (Phi) is 7.66. The summed E-state index contributed by atoms with van der Waals surface area (Å²) in [5, 5.41) is 2.50. The summed E-state index contributed by atoms with van der Waals surface area (Å²) in [5.74, 6) is 1.34. The molecule has 3 aromatic rings. The summed E-state index contributed by atoms with van der Waals surface area (Å²) in [7, 11) is 0.426. The fourth-order valence-corrected chi connectivity index (χ4v) is 6.49. The Morgan fingerprint density at radius 2 is 1.59 bits per heavy atom. The molecule has 1 aliphatic carbocycles. The molecule has 0 bridgehead atoms. The Morgan fingerprint density at radius 3 is 2.21 bits per heavy atom. The first kappa shape index (κ1) is 24.8. The summed E-state index contributed by atoms with van der Waals surface area (Å²) in [6.07, 6.45) is 6.10. The van der Waals surface area contributed by atoms with Gasteiger partial charge in [0.15, 0.2) is 0 Å². The van der Waals surface area contributed by atoms with Crippen LogP contribution in [0.4, 0.5) is 0 Å². The number of methoxy groups -OCH3 is 1. The van der Waals surface area contributed by atoms with E-state index in [0.29, 0.717) is 12.5 Å². The second-order valence-corrected chi connectivity index (χ2v) is 12.7. The van der Waals surface area contributed by atoms with E-state index in [1.54, 1.807) is 0 Å². The summed E-state index contributed by atoms with van der Waals surface area (Å²) in [6, 6.07) is 21.5. The zero-order chi connectivity index (χ0) is 24.2. The van der Waals surface area contributed by atoms with Crippen LogP contribution in [0.25, 0.3) is 0 Å². The van der Waals surface area contributed by atoms with Gasteiger partial charge in [0.2, 0.25) is 0 Å². The zero-order valence-electron chi connectivity index (χ0n) is 21.2. The molecule has 1 radical (unpaired) electrons. The number of hydrogen-bond acceptors (Lipinski definition) is 4. The molecule has 1 saturated carbocycles. The lowest BCUT2D eigenvalue weighted by molar-refractivity contribution is -0.0276. The fraction of sp³-hybridized carbons (Fsp3) is 0.448. The van der Waals surface area contributed by atoms with Gasteiger partial charge in [-0.05, 0) is 60.0 Å². The van der Waals surface area contributed by atoms with Crippen molar-refractivity contribution in [3.05, 3.63) is 83.9 Å². The molecule has 0 atom stereocenters. The molecule has 2 aromatic carbocycles. The third-order valence-corrected chi connectivity index (χ3v) is 9.20. The number of nitrogens with zero attached hydrogens (tertiary/aromatic N) is 2. The lowest BCUT2D eigenvalue weighted by atomic mass is 9.79. The molecule has 0 amide bonds. The Hall–Kier alpha value is -2.34. The van der Waals surface area contributed by atoms with Gasteiger partial charge in [-0.3, -0.25) is 0 Å². The van der Waals surface area contributed by atoms with E-state index in [1.165, 1.54) is 15.9 Å². The SMILES string of the molecule is COC1(C)CCC(c2nccc(CO[Si](c3ccccc3)c3ccc(C(C)(C)C)cc3)n2)CC1. The first-order chi connectivity index (χ1) is 16.3. The quantitative estimate of drug-likeness (QED) is 0.445. The summed E-state index contributed by atoms with van der Waals surface area (Å²) >= 11 is 0. The van der Waals surface area contributed by atoms with Crippen molar-refractivity contribution in [1.82, 2.24) is 9.97 Å². The molecule has 0 aliphatic heterocycles. The predicted molar refractivity (Wildman–Crippen MR) is 140 cm³/mol. The van der Waals surface area contributed by atoms with Crippen molar-refractivity contribution in [1.29, 1.82) is 0 Å². The lowest BCUT2D eigenvalue weighted by Crippen LogP contribution is -2.45. The molecule has 179 valence electrons. The van der Waals surface area contributed by atoms with Gasteiger partial charge in [-0.15, -0.1) is 0 Å². The Labute approximate surface area is 206 Å². The van der Waals surface area contributed by atoms with E-state index in [0.717, 1.165) is 37.2 Å². The molecule has 0 N–H and O–H groups in total. The maximum atomic E-state index is 6.61. The van der Waals surface area contributed by atoms with Crippen LogP contribution >= 0.6 is 0 Å². The summed E-state index contributed by atoms with van der Waals surface area (Å²) in [5.41, 5.74) is 2.42. The molecule has 0 spiro atoms. The first-order valence-electron chi connectivity index (χ1n) is 12.3. The molecule has 1 aromatic heterocycles. The maximum absolute atomic E-state index is 6.61. The average molecular weight is 474 g/mol. The molecule has 34 heavy (non-hydrogen) atoms. The first-order valence-corrected chi connectivity index (χ1v) is 13.7. The minimum absolute atomic E-state index is 0.00717. The van der Waals surface area contributed by atoms with Crippen LogP contribution in [0.15, 0.2) is 66.9 Å². The lowest BCUT2D eigenvalue weighted by Gasteiger charge is -2.35. The van der Waals surface area contributed by atoms with Gasteiger partial charge in [-0.1, -0.05) is 75.4 Å². The van der Waals surface area contributed by atoms with Crippen LogP contribution in [-0.4, -0.2) is 31.7 Å². The molecule has 0 saturated heterocycles. The van der Waals surface area contributed by atoms with Crippen LogP contribution in [-0.2, 0) is 21.2 Å². The van der Waals surface area contributed by atoms with E-state index in [2.05, 4.69) is 87.3 Å². The highest BCUT2D eigenvalue weighted by Gasteiger charge is 2.32. The van der Waals surface area contributed by atoms with Gasteiger partial charge in [0, 0.05) is 19.2 Å². The summed E-state index contributed by atoms with van der Waals surface area (Å²) in [6.45, 7) is 9.43. The number of hydrogen-bond donors (Lipinski definition) is 0. The minimum atomic E-state index is -1.39. The fourth-order valence-electron chi connectivity index (χ4n) is 4.57. The largest absolute Gasteiger partial charge is 0.401 e. The molecule has 1 heterocycles. The van der Waals surface area contributed by atoms with E-state index in [4.69, 9.17) is 14.1 Å². The summed E-state index contributed by atoms with van der Waals surface area (Å²) < 4.78 is 12.3. The van der Waals surface area contributed by atoms with Gasteiger partial charge in [-0.2, -0.15) is 0 Å². The van der Waals surface area contributed by atoms with Crippen molar-refractivity contribution in [3.8, 4) is 0 Å². The highest BCUT2D eigenvalue weighted by atomic mass is 28.3. The van der Waals surface area contributed by atoms with Crippen LogP contribution in [0.2, 0.25) is 0 Å². The normalized spacial score (nSPS) is 21.1. The summed E-state index contributed by atoms with van der Waals surface area (Å²) in [4.78, 5) is 9.53. The standard InChI is InChI=1S/C29H37N2O2Si/c1-28(2,3)23-11-13-26(14-12-23)34(25-9-7-6-8-10-25)33-21-24-17-20-30-27(31-24)22-15-18-29(4,32-5)19-16-22/h6-14,17,20,22H,15-16,18-19,21H2,1-5H3. The monoisotopic (exact) mass is 473 g/mol. The molecular formula is C29H37N2O2Si. The smallest absolute Gasteiger partial charge is 0.283 e. The van der Waals surface area contributed by atoms with Gasteiger partial charge >= 0.3 is 0 Å². The minimum Gasteiger partial charge on any atom is -0.401 e. The van der Waals surface area contributed by atoms with Gasteiger partial charge in [0.25, 0.3) is 9.04 Å².